The molecule has 0 aliphatic carbocycles. The maximum atomic E-state index is 6.15. The van der Waals surface area contributed by atoms with Gasteiger partial charge in [0.2, 0.25) is 0 Å². The number of pyridine rings is 1. The minimum atomic E-state index is -0.406. The topological polar surface area (TPSA) is 73.5 Å². The third-order valence-electron chi connectivity index (χ3n) is 7.05. The maximum Gasteiger partial charge on any atom is 0.166 e. The summed E-state index contributed by atoms with van der Waals surface area (Å²) in [4.78, 5) is 12.6. The molecule has 1 aliphatic heterocycles. The number of thiazole rings is 1. The van der Waals surface area contributed by atoms with E-state index in [-0.39, 0.29) is 0 Å². The predicted octanol–water partition coefficient (Wildman–Crippen LogP) is 5.73. The lowest BCUT2D eigenvalue weighted by Crippen LogP contribution is -2.29. The highest BCUT2D eigenvalue weighted by molar-refractivity contribution is 7.15. The second-order valence-electron chi connectivity index (χ2n) is 9.39. The molecule has 6 nitrogen and oxygen atoms in total. The number of hydrogen-bond donors (Lipinski definition) is 1. The van der Waals surface area contributed by atoms with Gasteiger partial charge in [-0.15, -0.1) is 11.3 Å². The number of ether oxygens (including phenoxy) is 2. The summed E-state index contributed by atoms with van der Waals surface area (Å²) in [6.45, 7) is 6.82. The number of anilines is 1. The molecule has 0 radical (unpaired) electrons. The first-order valence-electron chi connectivity index (χ1n) is 12.7. The first-order valence-corrected chi connectivity index (χ1v) is 13.5. The first kappa shape index (κ1) is 26.2. The highest BCUT2D eigenvalue weighted by Gasteiger charge is 2.23. The zero-order valence-corrected chi connectivity index (χ0v) is 22.5. The molecule has 0 bridgehead atoms. The van der Waals surface area contributed by atoms with Crippen molar-refractivity contribution in [3.63, 3.8) is 0 Å². The zero-order chi connectivity index (χ0) is 25.5. The summed E-state index contributed by atoms with van der Waals surface area (Å²) in [5.74, 6) is 8.08. The minimum Gasteiger partial charge on any atom is -0.485 e. The average Bonchev–Trinajstić information content (AvgIpc) is 3.40. The highest BCUT2D eigenvalue weighted by atomic mass is 32.1. The molecule has 0 unspecified atom stereocenters. The maximum absolute atomic E-state index is 6.15. The van der Waals surface area contributed by atoms with Gasteiger partial charge in [0.25, 0.3) is 0 Å². The Labute approximate surface area is 218 Å². The molecule has 36 heavy (non-hydrogen) atoms. The number of piperidine rings is 1. The van der Waals surface area contributed by atoms with Gasteiger partial charge in [-0.25, -0.2) is 9.97 Å². The Balaban J connectivity index is 1.45. The predicted molar refractivity (Wildman–Crippen MR) is 147 cm³/mol. The van der Waals surface area contributed by atoms with Crippen LogP contribution < -0.4 is 10.5 Å². The van der Waals surface area contributed by atoms with Gasteiger partial charge in [0, 0.05) is 36.5 Å². The molecule has 7 heteroatoms. The number of hydrogen-bond acceptors (Lipinski definition) is 7. The Morgan fingerprint density at radius 1 is 1.14 bits per heavy atom. The van der Waals surface area contributed by atoms with Crippen molar-refractivity contribution >= 4 is 17.2 Å². The van der Waals surface area contributed by atoms with E-state index in [2.05, 4.69) is 42.6 Å². The molecule has 3 aromatic rings. The summed E-state index contributed by atoms with van der Waals surface area (Å²) in [6.07, 6.45) is 7.75. The van der Waals surface area contributed by atoms with E-state index in [1.54, 1.807) is 24.6 Å². The van der Waals surface area contributed by atoms with Crippen LogP contribution in [0.4, 0.5) is 5.82 Å². The number of rotatable bonds is 8. The van der Waals surface area contributed by atoms with Crippen LogP contribution >= 0.6 is 11.3 Å². The summed E-state index contributed by atoms with van der Waals surface area (Å²) in [6, 6.07) is 10.0. The quantitative estimate of drug-likeness (QED) is 0.395. The van der Waals surface area contributed by atoms with Gasteiger partial charge in [0.05, 0.1) is 9.88 Å². The first-order chi connectivity index (χ1) is 17.4. The average molecular weight is 505 g/mol. The van der Waals surface area contributed by atoms with Gasteiger partial charge in [-0.05, 0) is 69.6 Å². The number of aromatic nitrogens is 2. The van der Waals surface area contributed by atoms with E-state index in [1.807, 2.05) is 36.5 Å². The van der Waals surface area contributed by atoms with Crippen LogP contribution in [0.15, 0.2) is 42.7 Å². The van der Waals surface area contributed by atoms with E-state index >= 15 is 0 Å². The molecule has 4 rings (SSSR count). The second-order valence-corrected chi connectivity index (χ2v) is 10.5. The van der Waals surface area contributed by atoms with Crippen molar-refractivity contribution in [1.82, 2.24) is 14.9 Å². The number of benzene rings is 1. The Morgan fingerprint density at radius 2 is 1.92 bits per heavy atom. The van der Waals surface area contributed by atoms with Crippen molar-refractivity contribution < 1.29 is 9.47 Å². The summed E-state index contributed by atoms with van der Waals surface area (Å²) in [5.41, 5.74) is 8.67. The molecule has 1 saturated heterocycles. The lowest BCUT2D eigenvalue weighted by molar-refractivity contribution is 0.0345. The van der Waals surface area contributed by atoms with Gasteiger partial charge in [0.1, 0.15) is 12.2 Å². The van der Waals surface area contributed by atoms with Crippen LogP contribution in [-0.2, 0) is 11.3 Å². The van der Waals surface area contributed by atoms with Crippen molar-refractivity contribution in [2.75, 3.05) is 33.0 Å². The number of nitrogens with two attached hydrogens (primary N) is 1. The molecule has 190 valence electrons. The lowest BCUT2D eigenvalue weighted by atomic mass is 9.97. The fraction of sp³-hybridized carbons (Fsp3) is 0.448. The molecule has 2 N–H and O–H groups in total. The Morgan fingerprint density at radius 3 is 2.64 bits per heavy atom. The van der Waals surface area contributed by atoms with E-state index in [0.717, 1.165) is 60.3 Å². The van der Waals surface area contributed by atoms with Crippen molar-refractivity contribution in [2.45, 2.75) is 57.7 Å². The van der Waals surface area contributed by atoms with Crippen LogP contribution in [0.5, 0.6) is 5.75 Å². The number of nitrogen functional groups attached to an aromatic ring is 1. The number of methoxy groups -OCH3 is 1. The molecular formula is C29H36N4O2S. The van der Waals surface area contributed by atoms with E-state index < -0.39 is 5.60 Å². The number of likely N-dealkylation sites (tertiary alicyclic amines) is 1. The van der Waals surface area contributed by atoms with Gasteiger partial charge < -0.3 is 20.1 Å². The monoisotopic (exact) mass is 504 g/mol. The van der Waals surface area contributed by atoms with Gasteiger partial charge in [-0.2, -0.15) is 0 Å². The van der Waals surface area contributed by atoms with Gasteiger partial charge >= 0.3 is 0 Å². The Hall–Kier alpha value is -2.92. The van der Waals surface area contributed by atoms with Gasteiger partial charge in [-0.1, -0.05) is 37.8 Å². The third kappa shape index (κ3) is 6.25. The van der Waals surface area contributed by atoms with Gasteiger partial charge in [0.15, 0.2) is 11.6 Å². The second kappa shape index (κ2) is 11.9. The normalized spacial score (nSPS) is 14.9. The third-order valence-corrected chi connectivity index (χ3v) is 8.26. The van der Waals surface area contributed by atoms with Crippen LogP contribution in [-0.4, -0.2) is 47.7 Å². The molecule has 1 fully saturated rings. The molecule has 0 atom stereocenters. The summed E-state index contributed by atoms with van der Waals surface area (Å²) in [5, 5.41) is 1.21. The molecule has 3 heterocycles. The fourth-order valence-electron chi connectivity index (χ4n) is 4.42. The molecule has 0 amide bonds. The summed E-state index contributed by atoms with van der Waals surface area (Å²) >= 11 is 1.75. The van der Waals surface area contributed by atoms with E-state index in [1.165, 1.54) is 5.01 Å². The van der Waals surface area contributed by atoms with Crippen molar-refractivity contribution in [3.05, 3.63) is 58.9 Å². The van der Waals surface area contributed by atoms with Crippen molar-refractivity contribution in [1.29, 1.82) is 0 Å². The van der Waals surface area contributed by atoms with Gasteiger partial charge in [-0.3, -0.25) is 0 Å². The van der Waals surface area contributed by atoms with Crippen LogP contribution in [0.1, 0.15) is 61.6 Å². The van der Waals surface area contributed by atoms with Crippen LogP contribution in [0.3, 0.4) is 0 Å². The van der Waals surface area contributed by atoms with E-state index in [9.17, 15) is 0 Å². The fourth-order valence-corrected chi connectivity index (χ4v) is 5.49. The largest absolute Gasteiger partial charge is 0.485 e. The molecular weight excluding hydrogens is 468 g/mol. The Bertz CT molecular complexity index is 1210. The van der Waals surface area contributed by atoms with Crippen LogP contribution in [0, 0.1) is 11.8 Å². The summed E-state index contributed by atoms with van der Waals surface area (Å²) in [7, 11) is 3.90. The smallest absolute Gasteiger partial charge is 0.166 e. The minimum absolute atomic E-state index is 0.380. The Kier molecular flexibility index (Phi) is 8.63. The van der Waals surface area contributed by atoms with E-state index in [0.29, 0.717) is 24.1 Å². The summed E-state index contributed by atoms with van der Waals surface area (Å²) < 4.78 is 11.8. The molecule has 0 saturated carbocycles. The standard InChI is InChI=1S/C29H36N4O2S/c1-5-29(6-2,34-4)13-10-21-8-7-9-22(16-21)20-35-25-17-24(18-31-27(25)30)26-19-32-28(36-26)23-11-14-33(3)15-12-23/h7-9,16-19,23H,5-6,11-12,14-15,20H2,1-4H3,(H2,30,31). The molecule has 1 aromatic carbocycles. The molecule has 0 spiro atoms. The van der Waals surface area contributed by atoms with E-state index in [4.69, 9.17) is 20.2 Å². The molecule has 1 aliphatic rings. The highest BCUT2D eigenvalue weighted by Crippen LogP contribution is 2.36. The SMILES string of the molecule is CCC(C#Cc1cccc(COc2cc(-c3cnc(C4CCN(C)CC4)s3)cnc2N)c1)(CC)OC. The number of nitrogens with zero attached hydrogens (tertiary/aromatic N) is 3. The zero-order valence-electron chi connectivity index (χ0n) is 21.7. The van der Waals surface area contributed by atoms with Crippen molar-refractivity contribution in [2.24, 2.45) is 0 Å². The lowest BCUT2D eigenvalue weighted by Gasteiger charge is -2.27. The van der Waals surface area contributed by atoms with Crippen LogP contribution in [0.25, 0.3) is 10.4 Å². The molecule has 2 aromatic heterocycles. The van der Waals surface area contributed by atoms with Crippen molar-refractivity contribution in [3.8, 4) is 28.0 Å². The van der Waals surface area contributed by atoms with Crippen LogP contribution in [0.2, 0.25) is 0 Å².